The molecule has 0 spiro atoms. The first-order chi connectivity index (χ1) is 11.4. The summed E-state index contributed by atoms with van der Waals surface area (Å²) in [6.07, 6.45) is 0. The number of anilines is 1. The third-order valence-electron chi connectivity index (χ3n) is 3.11. The van der Waals surface area contributed by atoms with Crippen LogP contribution in [0, 0.1) is 11.6 Å². The molecule has 2 heterocycles. The summed E-state index contributed by atoms with van der Waals surface area (Å²) >= 11 is 2.18. The van der Waals surface area contributed by atoms with Crippen LogP contribution in [0.15, 0.2) is 35.7 Å². The van der Waals surface area contributed by atoms with Gasteiger partial charge in [0.2, 0.25) is 0 Å². The Kier molecular flexibility index (Phi) is 4.50. The molecule has 0 saturated carbocycles. The fourth-order valence-corrected chi connectivity index (χ4v) is 3.46. The minimum absolute atomic E-state index is 0.0294. The molecule has 0 aliphatic carbocycles. The van der Waals surface area contributed by atoms with E-state index in [-0.39, 0.29) is 22.2 Å². The van der Waals surface area contributed by atoms with Crippen molar-refractivity contribution in [3.63, 3.8) is 0 Å². The summed E-state index contributed by atoms with van der Waals surface area (Å²) in [5.74, 6) is -1.69. The quantitative estimate of drug-likeness (QED) is 0.688. The number of Topliss-reactive ketones (excluding diaryl/α,β-unsaturated/α-hetero) is 1. The minimum atomic E-state index is -0.594. The van der Waals surface area contributed by atoms with Crippen molar-refractivity contribution in [3.8, 4) is 11.3 Å². The molecule has 2 aromatic heterocycles. The standard InChI is InChI=1S/C16H10F2N2O2S2/c1-8(21)13-4-5-14(24-13)15(22)20-16-19-12(7-23-16)10-6-9(17)2-3-11(10)18/h2-7H,1H3,(H,19,20,22). The Balaban J connectivity index is 1.79. The smallest absolute Gasteiger partial charge is 0.267 e. The van der Waals surface area contributed by atoms with Crippen LogP contribution >= 0.6 is 22.7 Å². The van der Waals surface area contributed by atoms with E-state index in [2.05, 4.69) is 10.3 Å². The molecule has 0 unspecified atom stereocenters. The van der Waals surface area contributed by atoms with E-state index in [0.717, 1.165) is 40.9 Å². The molecular weight excluding hydrogens is 354 g/mol. The number of carbonyl (C=O) groups excluding carboxylic acids is 2. The molecule has 0 radical (unpaired) electrons. The van der Waals surface area contributed by atoms with Crippen LogP contribution in [-0.2, 0) is 0 Å². The van der Waals surface area contributed by atoms with Gasteiger partial charge in [-0.1, -0.05) is 0 Å². The largest absolute Gasteiger partial charge is 0.297 e. The SMILES string of the molecule is CC(=O)c1ccc(C(=O)Nc2nc(-c3cc(F)ccc3F)cs2)s1. The van der Waals surface area contributed by atoms with Crippen LogP contribution in [0.1, 0.15) is 26.3 Å². The number of aromatic nitrogens is 1. The first-order valence-electron chi connectivity index (χ1n) is 6.77. The lowest BCUT2D eigenvalue weighted by molar-refractivity contribution is 0.101. The van der Waals surface area contributed by atoms with E-state index < -0.39 is 17.5 Å². The maximum Gasteiger partial charge on any atom is 0.267 e. The predicted octanol–water partition coefficient (Wildman–Crippen LogP) is 4.60. The van der Waals surface area contributed by atoms with Gasteiger partial charge < -0.3 is 0 Å². The predicted molar refractivity (Wildman–Crippen MR) is 89.7 cm³/mol. The van der Waals surface area contributed by atoms with Gasteiger partial charge >= 0.3 is 0 Å². The number of halogens is 2. The average Bonchev–Trinajstić information content (AvgIpc) is 3.19. The molecule has 0 atom stereocenters. The van der Waals surface area contributed by atoms with Crippen molar-refractivity contribution in [2.45, 2.75) is 6.92 Å². The fourth-order valence-electron chi connectivity index (χ4n) is 1.96. The lowest BCUT2D eigenvalue weighted by Gasteiger charge is -2.00. The summed E-state index contributed by atoms with van der Waals surface area (Å²) in [4.78, 5) is 28.4. The number of thiazole rings is 1. The molecule has 24 heavy (non-hydrogen) atoms. The van der Waals surface area contributed by atoms with E-state index in [1.165, 1.54) is 12.3 Å². The summed E-state index contributed by atoms with van der Waals surface area (Å²) in [5, 5.41) is 4.38. The summed E-state index contributed by atoms with van der Waals surface area (Å²) in [5.41, 5.74) is 0.268. The number of thiophene rings is 1. The van der Waals surface area contributed by atoms with Crippen LogP contribution in [0.4, 0.5) is 13.9 Å². The molecule has 4 nitrogen and oxygen atoms in total. The highest BCUT2D eigenvalue weighted by Crippen LogP contribution is 2.28. The lowest BCUT2D eigenvalue weighted by Crippen LogP contribution is -2.09. The average molecular weight is 364 g/mol. The van der Waals surface area contributed by atoms with Gasteiger partial charge in [-0.2, -0.15) is 0 Å². The van der Waals surface area contributed by atoms with Crippen molar-refractivity contribution in [2.24, 2.45) is 0 Å². The highest BCUT2D eigenvalue weighted by atomic mass is 32.1. The van der Waals surface area contributed by atoms with Gasteiger partial charge in [-0.3, -0.25) is 14.9 Å². The maximum absolute atomic E-state index is 13.8. The minimum Gasteiger partial charge on any atom is -0.297 e. The van der Waals surface area contributed by atoms with Crippen LogP contribution in [0.25, 0.3) is 11.3 Å². The molecule has 3 rings (SSSR count). The second-order valence-corrected chi connectivity index (χ2v) is 6.78. The number of benzene rings is 1. The van der Waals surface area contributed by atoms with Crippen molar-refractivity contribution in [3.05, 3.63) is 57.1 Å². The van der Waals surface area contributed by atoms with Gasteiger partial charge in [-0.25, -0.2) is 13.8 Å². The van der Waals surface area contributed by atoms with Gasteiger partial charge in [0.1, 0.15) is 11.6 Å². The first-order valence-corrected chi connectivity index (χ1v) is 8.47. The van der Waals surface area contributed by atoms with Crippen LogP contribution in [0.3, 0.4) is 0 Å². The summed E-state index contributed by atoms with van der Waals surface area (Å²) in [6, 6.07) is 6.23. The number of amides is 1. The van der Waals surface area contributed by atoms with Crippen molar-refractivity contribution in [1.29, 1.82) is 0 Å². The Morgan fingerprint density at radius 1 is 1.12 bits per heavy atom. The Morgan fingerprint density at radius 2 is 1.88 bits per heavy atom. The zero-order chi connectivity index (χ0) is 17.3. The summed E-state index contributed by atoms with van der Waals surface area (Å²) in [6.45, 7) is 1.42. The van der Waals surface area contributed by atoms with Gasteiger partial charge in [0, 0.05) is 10.9 Å². The van der Waals surface area contributed by atoms with Crippen LogP contribution < -0.4 is 5.32 Å². The Labute approximate surface area is 143 Å². The van der Waals surface area contributed by atoms with Gasteiger partial charge in [0.25, 0.3) is 5.91 Å². The molecule has 1 N–H and O–H groups in total. The first kappa shape index (κ1) is 16.4. The van der Waals surface area contributed by atoms with Crippen molar-refractivity contribution < 1.29 is 18.4 Å². The van der Waals surface area contributed by atoms with E-state index in [1.54, 1.807) is 12.1 Å². The summed E-state index contributed by atoms with van der Waals surface area (Å²) in [7, 11) is 0. The second kappa shape index (κ2) is 6.58. The molecule has 122 valence electrons. The zero-order valence-electron chi connectivity index (χ0n) is 12.3. The third kappa shape index (κ3) is 3.39. The van der Waals surface area contributed by atoms with Crippen molar-refractivity contribution >= 4 is 39.5 Å². The Bertz CT molecular complexity index is 934. The van der Waals surface area contributed by atoms with Gasteiger partial charge in [0.05, 0.1) is 15.4 Å². The van der Waals surface area contributed by atoms with Crippen LogP contribution in [0.5, 0.6) is 0 Å². The highest BCUT2D eigenvalue weighted by Gasteiger charge is 2.15. The molecule has 0 aliphatic heterocycles. The van der Waals surface area contributed by atoms with Gasteiger partial charge in [-0.05, 0) is 37.3 Å². The topological polar surface area (TPSA) is 59.1 Å². The van der Waals surface area contributed by atoms with Crippen LogP contribution in [-0.4, -0.2) is 16.7 Å². The zero-order valence-corrected chi connectivity index (χ0v) is 13.9. The van der Waals surface area contributed by atoms with Crippen LogP contribution in [0.2, 0.25) is 0 Å². The number of rotatable bonds is 4. The van der Waals surface area contributed by atoms with Gasteiger partial charge in [-0.15, -0.1) is 22.7 Å². The van der Waals surface area contributed by atoms with Gasteiger partial charge in [0.15, 0.2) is 10.9 Å². The third-order valence-corrected chi connectivity index (χ3v) is 5.05. The van der Waals surface area contributed by atoms with E-state index >= 15 is 0 Å². The molecule has 0 bridgehead atoms. The molecule has 8 heteroatoms. The van der Waals surface area contributed by atoms with E-state index in [1.807, 2.05) is 0 Å². The number of carbonyl (C=O) groups is 2. The maximum atomic E-state index is 13.8. The molecule has 1 aromatic carbocycles. The van der Waals surface area contributed by atoms with E-state index in [4.69, 9.17) is 0 Å². The van der Waals surface area contributed by atoms with Crippen molar-refractivity contribution in [1.82, 2.24) is 4.98 Å². The number of nitrogens with zero attached hydrogens (tertiary/aromatic N) is 1. The number of hydrogen-bond donors (Lipinski definition) is 1. The Morgan fingerprint density at radius 3 is 2.58 bits per heavy atom. The number of ketones is 1. The normalized spacial score (nSPS) is 10.6. The lowest BCUT2D eigenvalue weighted by atomic mass is 10.1. The van der Waals surface area contributed by atoms with E-state index in [0.29, 0.717) is 9.75 Å². The molecule has 1 amide bonds. The summed E-state index contributed by atoms with van der Waals surface area (Å²) < 4.78 is 27.0. The second-order valence-electron chi connectivity index (χ2n) is 4.84. The van der Waals surface area contributed by atoms with E-state index in [9.17, 15) is 18.4 Å². The Hall–Kier alpha value is -2.45. The fraction of sp³-hybridized carbons (Fsp3) is 0.0625. The van der Waals surface area contributed by atoms with Crippen molar-refractivity contribution in [2.75, 3.05) is 5.32 Å². The highest BCUT2D eigenvalue weighted by molar-refractivity contribution is 7.16. The monoisotopic (exact) mass is 364 g/mol. The molecule has 0 fully saturated rings. The molecule has 3 aromatic rings. The molecule has 0 aliphatic rings. The number of nitrogens with one attached hydrogen (secondary N) is 1. The molecule has 0 saturated heterocycles. The number of hydrogen-bond acceptors (Lipinski definition) is 5. The molecular formula is C16H10F2N2O2S2.